The molecule has 339 valence electrons. The van der Waals surface area contributed by atoms with E-state index in [0.29, 0.717) is 16.8 Å². The van der Waals surface area contributed by atoms with Crippen molar-refractivity contribution in [3.8, 4) is 28.3 Å². The number of furan rings is 2. The maximum absolute atomic E-state index is 8.75. The molecule has 6 heterocycles. The third kappa shape index (κ3) is 8.69. The molecule has 66 heavy (non-hydrogen) atoms. The molecule has 7 nitrogen and oxygen atoms in total. The van der Waals surface area contributed by atoms with Gasteiger partial charge >= 0.3 is 0 Å². The van der Waals surface area contributed by atoms with Crippen LogP contribution in [-0.4, -0.2) is 32.6 Å². The van der Waals surface area contributed by atoms with Crippen molar-refractivity contribution in [3.05, 3.63) is 143 Å². The molecular weight excluding hydrogens is 1010 g/mol. The molecule has 10 aromatic rings. The number of pyridine rings is 3. The summed E-state index contributed by atoms with van der Waals surface area (Å²) in [6, 6.07) is 35.8. The summed E-state index contributed by atoms with van der Waals surface area (Å²) >= 11 is 0. The Bertz CT molecular complexity index is 3640. The summed E-state index contributed by atoms with van der Waals surface area (Å²) in [4.78, 5) is 19.2. The zero-order valence-electron chi connectivity index (χ0n) is 44.8. The van der Waals surface area contributed by atoms with Crippen LogP contribution < -0.4 is 5.19 Å². The molecule has 0 fully saturated rings. The number of rotatable bonds is 7. The number of hydrogen-bond donors (Lipinski definition) is 0. The molecule has 0 saturated carbocycles. The van der Waals surface area contributed by atoms with E-state index in [2.05, 4.69) is 92.2 Å². The van der Waals surface area contributed by atoms with Gasteiger partial charge in [-0.05, 0) is 85.0 Å². The number of para-hydroxylation sites is 1. The van der Waals surface area contributed by atoms with Gasteiger partial charge in [0.25, 0.3) is 0 Å². The van der Waals surface area contributed by atoms with Gasteiger partial charge in [0.05, 0.1) is 36.2 Å². The predicted octanol–water partition coefficient (Wildman–Crippen LogP) is 14.9. The Hall–Kier alpha value is -5.73. The van der Waals surface area contributed by atoms with Crippen molar-refractivity contribution >= 4 is 68.3 Å². The monoisotopic (exact) mass is 1070 g/mol. The SMILES string of the molecule is [2H]C([2H])([2H])c1ccc2c(n1)oc1cc[c-]c(-c3nc4cc(C)nc(C)c4n3-c3c(C(C)C)cc4c(oc5ccccc54)c3C(C)C)c12.[2H]C([2H])(c1cc(-c2[c-]cccc2)ncc1[Si](C)(C)C)C(C)(C)C.[Ir]. The van der Waals surface area contributed by atoms with Gasteiger partial charge in [-0.25, -0.2) is 4.98 Å². The Balaban J connectivity index is 0.000000238. The third-order valence-electron chi connectivity index (χ3n) is 11.8. The summed E-state index contributed by atoms with van der Waals surface area (Å²) < 4.78 is 56.2. The molecule has 10 rings (SSSR count). The van der Waals surface area contributed by atoms with Gasteiger partial charge in [0.2, 0.25) is 5.71 Å². The van der Waals surface area contributed by atoms with Gasteiger partial charge in [0.15, 0.2) is 0 Å². The Kier molecular flexibility index (Phi) is 10.9. The number of benzene rings is 4. The van der Waals surface area contributed by atoms with Crippen molar-refractivity contribution in [1.82, 2.24) is 24.5 Å². The first kappa shape index (κ1) is 40.5. The molecular formula is C57H59IrN5O2Si-2. The van der Waals surface area contributed by atoms with Crippen LogP contribution in [0.15, 0.2) is 106 Å². The van der Waals surface area contributed by atoms with Crippen molar-refractivity contribution in [2.24, 2.45) is 5.41 Å². The minimum Gasteiger partial charge on any atom is -0.458 e. The smallest absolute Gasteiger partial charge is 0.215 e. The molecule has 0 aliphatic rings. The van der Waals surface area contributed by atoms with Crippen molar-refractivity contribution in [3.63, 3.8) is 0 Å². The van der Waals surface area contributed by atoms with Crippen molar-refractivity contribution < 1.29 is 35.8 Å². The van der Waals surface area contributed by atoms with Crippen LogP contribution in [-0.2, 0) is 26.5 Å². The van der Waals surface area contributed by atoms with Crippen molar-refractivity contribution in [2.45, 2.75) is 107 Å². The first-order valence-electron chi connectivity index (χ1n) is 24.9. The summed E-state index contributed by atoms with van der Waals surface area (Å²) in [6.45, 7) is 23.1. The largest absolute Gasteiger partial charge is 0.458 e. The summed E-state index contributed by atoms with van der Waals surface area (Å²) in [6.07, 6.45) is 0.469. The number of nitrogens with zero attached hydrogens (tertiary/aromatic N) is 5. The van der Waals surface area contributed by atoms with Gasteiger partial charge in [-0.15, -0.1) is 48.0 Å². The van der Waals surface area contributed by atoms with E-state index in [0.717, 1.165) is 88.6 Å². The molecule has 0 unspecified atom stereocenters. The molecule has 0 aliphatic heterocycles. The van der Waals surface area contributed by atoms with Crippen LogP contribution in [0.2, 0.25) is 19.6 Å². The predicted molar refractivity (Wildman–Crippen MR) is 273 cm³/mol. The Morgan fingerprint density at radius 3 is 2.26 bits per heavy atom. The van der Waals surface area contributed by atoms with Crippen LogP contribution >= 0.6 is 0 Å². The standard InChI is InChI=1S/C38H33N4O2.C19H26NSi.Ir/c1-19(2)27-18-28-24-11-8-9-13-30(24)43-36(28)32(20(3)4)35(27)42-34-23(7)39-22(6)17-29(34)41-37(42)25-12-10-14-31-33(25)26-16-15-21(5)40-38(26)44-31;1-19(2,3)13-16-12-17(15-10-8-7-9-11-15)20-14-18(16)21(4,5)6;/h8-11,13-20H,1-7H3;7-10,12,14H,13H2,1-6H3;/q2*-1;/i5D3;13D2;. The summed E-state index contributed by atoms with van der Waals surface area (Å²) in [5.41, 5.74) is 12.0. The van der Waals surface area contributed by atoms with Crippen LogP contribution in [0.1, 0.15) is 101 Å². The first-order chi connectivity index (χ1) is 32.9. The van der Waals surface area contributed by atoms with Gasteiger partial charge in [-0.3, -0.25) is 9.97 Å². The van der Waals surface area contributed by atoms with Gasteiger partial charge < -0.3 is 18.4 Å². The summed E-state index contributed by atoms with van der Waals surface area (Å²) in [5, 5.41) is 4.75. The van der Waals surface area contributed by atoms with Crippen LogP contribution in [0.5, 0.6) is 0 Å². The molecule has 1 radical (unpaired) electrons. The van der Waals surface area contributed by atoms with E-state index in [-0.39, 0.29) is 43.3 Å². The van der Waals surface area contributed by atoms with Crippen LogP contribution in [0.4, 0.5) is 0 Å². The zero-order chi connectivity index (χ0) is 50.4. The van der Waals surface area contributed by atoms with Crippen molar-refractivity contribution in [2.75, 3.05) is 0 Å². The second-order valence-corrected chi connectivity index (χ2v) is 24.8. The van der Waals surface area contributed by atoms with E-state index in [1.807, 2.05) is 101 Å². The molecule has 6 aromatic heterocycles. The van der Waals surface area contributed by atoms with E-state index in [1.54, 1.807) is 12.1 Å². The molecule has 0 saturated heterocycles. The Morgan fingerprint density at radius 1 is 0.788 bits per heavy atom. The van der Waals surface area contributed by atoms with Gasteiger partial charge in [0.1, 0.15) is 11.2 Å². The fourth-order valence-corrected chi connectivity index (χ4v) is 10.4. The second-order valence-electron chi connectivity index (χ2n) is 19.8. The van der Waals surface area contributed by atoms with Crippen LogP contribution in [0.3, 0.4) is 0 Å². The molecule has 0 amide bonds. The molecule has 9 heteroatoms. The van der Waals surface area contributed by atoms with Crippen LogP contribution in [0, 0.1) is 38.2 Å². The normalized spacial score (nSPS) is 13.8. The minimum atomic E-state index is -2.35. The first-order valence-corrected chi connectivity index (χ1v) is 25.9. The number of aromatic nitrogens is 5. The molecule has 0 bridgehead atoms. The molecule has 0 spiro atoms. The van der Waals surface area contributed by atoms with Crippen LogP contribution in [0.25, 0.3) is 83.4 Å². The fraction of sp³-hybridized carbons (Fsp3) is 0.298. The number of fused-ring (bicyclic) bond motifs is 7. The quantitative estimate of drug-likeness (QED) is 0.117. The average molecular weight is 1070 g/mol. The van der Waals surface area contributed by atoms with Gasteiger partial charge in [-0.1, -0.05) is 121 Å². The molecule has 0 atom stereocenters. The van der Waals surface area contributed by atoms with E-state index in [4.69, 9.17) is 25.7 Å². The van der Waals surface area contributed by atoms with E-state index in [9.17, 15) is 0 Å². The number of hydrogen-bond acceptors (Lipinski definition) is 6. The maximum atomic E-state index is 8.75. The van der Waals surface area contributed by atoms with Crippen molar-refractivity contribution in [1.29, 1.82) is 0 Å². The fourth-order valence-electron chi connectivity index (χ4n) is 9.02. The molecule has 0 N–H and O–H groups in total. The Morgan fingerprint density at radius 2 is 1.56 bits per heavy atom. The zero-order valence-corrected chi connectivity index (χ0v) is 43.2. The topological polar surface area (TPSA) is 82.8 Å². The van der Waals surface area contributed by atoms with Gasteiger partial charge in [0, 0.05) is 72.0 Å². The van der Waals surface area contributed by atoms with Gasteiger partial charge in [-0.2, -0.15) is 0 Å². The van der Waals surface area contributed by atoms with E-state index >= 15 is 0 Å². The maximum Gasteiger partial charge on any atom is 0.215 e. The molecule has 0 aliphatic carbocycles. The van der Waals surface area contributed by atoms with E-state index < -0.39 is 26.7 Å². The second kappa shape index (κ2) is 17.8. The van der Waals surface area contributed by atoms with E-state index in [1.165, 1.54) is 5.56 Å². The number of imidazole rings is 1. The third-order valence-corrected chi connectivity index (χ3v) is 13.8. The average Bonchev–Trinajstić information content (AvgIpc) is 3.98. The molecule has 4 aromatic carbocycles. The summed E-state index contributed by atoms with van der Waals surface area (Å²) in [7, 11) is -1.70. The Labute approximate surface area is 410 Å². The minimum absolute atomic E-state index is 0. The number of aryl methyl sites for hydroxylation is 3. The summed E-state index contributed by atoms with van der Waals surface area (Å²) in [5.74, 6) is 0.956.